The largest absolute Gasteiger partial charge is 0.385 e. The zero-order valence-corrected chi connectivity index (χ0v) is 17.0. The standard InChI is InChI=1S/C22H33N3O2/c1-6-17-12-13-18(15-23-19-10-8-7-9-11-19)22(14-17,24-16(2)26)20(27)25-21(3,4)5/h6-11,17-18,23H,1,12-15H2,2-5H3,(H,24,26)(H,25,27). The third-order valence-electron chi connectivity index (χ3n) is 5.12. The Labute approximate surface area is 163 Å². The van der Waals surface area contributed by atoms with E-state index in [4.69, 9.17) is 0 Å². The fourth-order valence-corrected chi connectivity index (χ4v) is 3.87. The Morgan fingerprint density at radius 3 is 2.44 bits per heavy atom. The van der Waals surface area contributed by atoms with E-state index in [1.165, 1.54) is 6.92 Å². The van der Waals surface area contributed by atoms with Crippen molar-refractivity contribution < 1.29 is 9.59 Å². The maximum atomic E-state index is 13.4. The molecule has 1 aliphatic carbocycles. The van der Waals surface area contributed by atoms with Crippen molar-refractivity contribution in [3.63, 3.8) is 0 Å². The van der Waals surface area contributed by atoms with Crippen LogP contribution in [0.5, 0.6) is 0 Å². The van der Waals surface area contributed by atoms with Crippen molar-refractivity contribution in [3.05, 3.63) is 43.0 Å². The molecule has 148 valence electrons. The molecular weight excluding hydrogens is 338 g/mol. The minimum Gasteiger partial charge on any atom is -0.385 e. The van der Waals surface area contributed by atoms with Crippen LogP contribution in [0.1, 0.15) is 47.0 Å². The van der Waals surface area contributed by atoms with E-state index in [9.17, 15) is 9.59 Å². The molecule has 1 fully saturated rings. The molecule has 3 N–H and O–H groups in total. The summed E-state index contributed by atoms with van der Waals surface area (Å²) in [7, 11) is 0. The highest BCUT2D eigenvalue weighted by atomic mass is 16.2. The third-order valence-corrected chi connectivity index (χ3v) is 5.12. The van der Waals surface area contributed by atoms with Crippen molar-refractivity contribution in [1.82, 2.24) is 10.6 Å². The number of hydrogen-bond donors (Lipinski definition) is 3. The fourth-order valence-electron chi connectivity index (χ4n) is 3.87. The Balaban J connectivity index is 2.32. The van der Waals surface area contributed by atoms with Gasteiger partial charge in [0, 0.05) is 30.6 Å². The molecule has 5 nitrogen and oxygen atoms in total. The number of carbonyl (C=O) groups excluding carboxylic acids is 2. The van der Waals surface area contributed by atoms with Gasteiger partial charge in [0.2, 0.25) is 11.8 Å². The van der Waals surface area contributed by atoms with Gasteiger partial charge < -0.3 is 16.0 Å². The molecule has 3 unspecified atom stereocenters. The van der Waals surface area contributed by atoms with Crippen LogP contribution in [0, 0.1) is 11.8 Å². The summed E-state index contributed by atoms with van der Waals surface area (Å²) in [6.45, 7) is 11.9. The van der Waals surface area contributed by atoms with Crippen LogP contribution in [0.2, 0.25) is 0 Å². The highest BCUT2D eigenvalue weighted by Crippen LogP contribution is 2.39. The van der Waals surface area contributed by atoms with Crippen LogP contribution < -0.4 is 16.0 Å². The van der Waals surface area contributed by atoms with Crippen LogP contribution in [0.25, 0.3) is 0 Å². The van der Waals surface area contributed by atoms with Gasteiger partial charge >= 0.3 is 0 Å². The minimum atomic E-state index is -0.946. The summed E-state index contributed by atoms with van der Waals surface area (Å²) in [5.74, 6) is -0.110. The number of carbonyl (C=O) groups is 2. The van der Waals surface area contributed by atoms with Gasteiger partial charge in [-0.15, -0.1) is 6.58 Å². The molecule has 1 aliphatic rings. The van der Waals surface area contributed by atoms with Crippen molar-refractivity contribution >= 4 is 17.5 Å². The molecule has 3 atom stereocenters. The van der Waals surface area contributed by atoms with Crippen LogP contribution >= 0.6 is 0 Å². The Morgan fingerprint density at radius 1 is 1.22 bits per heavy atom. The predicted molar refractivity (Wildman–Crippen MR) is 110 cm³/mol. The Hall–Kier alpha value is -2.30. The van der Waals surface area contributed by atoms with Crippen molar-refractivity contribution in [1.29, 1.82) is 0 Å². The van der Waals surface area contributed by atoms with Gasteiger partial charge in [0.1, 0.15) is 5.54 Å². The van der Waals surface area contributed by atoms with Crippen LogP contribution in [-0.2, 0) is 9.59 Å². The molecule has 5 heteroatoms. The second-order valence-corrected chi connectivity index (χ2v) is 8.58. The molecule has 0 radical (unpaired) electrons. The number of hydrogen-bond acceptors (Lipinski definition) is 3. The van der Waals surface area contributed by atoms with Crippen molar-refractivity contribution in [2.24, 2.45) is 11.8 Å². The van der Waals surface area contributed by atoms with E-state index in [-0.39, 0.29) is 29.2 Å². The summed E-state index contributed by atoms with van der Waals surface area (Å²) in [6, 6.07) is 9.93. The quantitative estimate of drug-likeness (QED) is 0.671. The molecule has 0 aromatic heterocycles. The summed E-state index contributed by atoms with van der Waals surface area (Å²) in [5, 5.41) is 9.56. The number of para-hydroxylation sites is 1. The third kappa shape index (κ3) is 5.59. The highest BCUT2D eigenvalue weighted by molar-refractivity contribution is 5.92. The first kappa shape index (κ1) is 21.0. The van der Waals surface area contributed by atoms with Crippen LogP contribution in [0.4, 0.5) is 5.69 Å². The molecule has 2 amide bonds. The maximum absolute atomic E-state index is 13.4. The molecule has 0 bridgehead atoms. The molecule has 0 aliphatic heterocycles. The maximum Gasteiger partial charge on any atom is 0.246 e. The topological polar surface area (TPSA) is 70.2 Å². The van der Waals surface area contributed by atoms with Crippen LogP contribution in [-0.4, -0.2) is 29.4 Å². The summed E-state index contributed by atoms with van der Waals surface area (Å²) in [6.07, 6.45) is 4.28. The molecule has 0 heterocycles. The molecular formula is C22H33N3O2. The molecule has 2 rings (SSSR count). The van der Waals surface area contributed by atoms with E-state index in [1.54, 1.807) is 0 Å². The SMILES string of the molecule is C=CC1CCC(CNc2ccccc2)C(NC(C)=O)(C(=O)NC(C)(C)C)C1. The van der Waals surface area contributed by atoms with Gasteiger partial charge in [0.15, 0.2) is 0 Å². The van der Waals surface area contributed by atoms with Gasteiger partial charge in [-0.2, -0.15) is 0 Å². The van der Waals surface area contributed by atoms with Gasteiger partial charge in [-0.25, -0.2) is 0 Å². The minimum absolute atomic E-state index is 0.0137. The van der Waals surface area contributed by atoms with Crippen molar-refractivity contribution in [2.45, 2.75) is 58.0 Å². The van der Waals surface area contributed by atoms with Crippen LogP contribution in [0.3, 0.4) is 0 Å². The lowest BCUT2D eigenvalue weighted by molar-refractivity contribution is -0.138. The predicted octanol–water partition coefficient (Wildman–Crippen LogP) is 3.49. The normalized spacial score (nSPS) is 25.3. The first-order chi connectivity index (χ1) is 12.7. The Morgan fingerprint density at radius 2 is 1.89 bits per heavy atom. The van der Waals surface area contributed by atoms with Gasteiger partial charge in [-0.05, 0) is 58.1 Å². The van der Waals surface area contributed by atoms with E-state index < -0.39 is 5.54 Å². The molecule has 27 heavy (non-hydrogen) atoms. The lowest BCUT2D eigenvalue weighted by Crippen LogP contribution is -2.67. The average molecular weight is 372 g/mol. The fraction of sp³-hybridized carbons (Fsp3) is 0.545. The van der Waals surface area contributed by atoms with E-state index in [2.05, 4.69) is 22.5 Å². The number of rotatable bonds is 6. The summed E-state index contributed by atoms with van der Waals surface area (Å²) >= 11 is 0. The monoisotopic (exact) mass is 371 g/mol. The van der Waals surface area contributed by atoms with Crippen LogP contribution in [0.15, 0.2) is 43.0 Å². The second-order valence-electron chi connectivity index (χ2n) is 8.58. The van der Waals surface area contributed by atoms with E-state index in [0.717, 1.165) is 18.5 Å². The molecule has 1 aromatic carbocycles. The molecule has 1 aromatic rings. The lowest BCUT2D eigenvalue weighted by Gasteiger charge is -2.46. The Bertz CT molecular complexity index is 666. The van der Waals surface area contributed by atoms with Gasteiger partial charge in [-0.3, -0.25) is 9.59 Å². The second kappa shape index (κ2) is 8.59. The summed E-state index contributed by atoms with van der Waals surface area (Å²) < 4.78 is 0. The first-order valence-corrected chi connectivity index (χ1v) is 9.69. The molecule has 0 saturated heterocycles. The molecule has 1 saturated carbocycles. The lowest BCUT2D eigenvalue weighted by atomic mass is 9.67. The zero-order chi connectivity index (χ0) is 20.1. The first-order valence-electron chi connectivity index (χ1n) is 9.69. The van der Waals surface area contributed by atoms with E-state index in [0.29, 0.717) is 13.0 Å². The number of amides is 2. The van der Waals surface area contributed by atoms with Crippen molar-refractivity contribution in [2.75, 3.05) is 11.9 Å². The van der Waals surface area contributed by atoms with Crippen molar-refractivity contribution in [3.8, 4) is 0 Å². The number of benzene rings is 1. The van der Waals surface area contributed by atoms with Gasteiger partial charge in [0.25, 0.3) is 0 Å². The highest BCUT2D eigenvalue weighted by Gasteiger charge is 2.50. The molecule has 0 spiro atoms. The van der Waals surface area contributed by atoms with Gasteiger partial charge in [0.05, 0.1) is 0 Å². The number of anilines is 1. The van der Waals surface area contributed by atoms with Gasteiger partial charge in [-0.1, -0.05) is 24.3 Å². The van der Waals surface area contributed by atoms with E-state index >= 15 is 0 Å². The zero-order valence-electron chi connectivity index (χ0n) is 17.0. The van der Waals surface area contributed by atoms with E-state index in [1.807, 2.05) is 57.2 Å². The summed E-state index contributed by atoms with van der Waals surface area (Å²) in [5.41, 5.74) is -0.310. The average Bonchev–Trinajstić information content (AvgIpc) is 2.59. The number of allylic oxidation sites excluding steroid dienone is 1. The summed E-state index contributed by atoms with van der Waals surface area (Å²) in [4.78, 5) is 25.4. The number of nitrogens with one attached hydrogen (secondary N) is 3. The smallest absolute Gasteiger partial charge is 0.246 e. The Kier molecular flexibility index (Phi) is 6.68.